The summed E-state index contributed by atoms with van der Waals surface area (Å²) in [6.07, 6.45) is 1.11. The van der Waals surface area contributed by atoms with Gasteiger partial charge in [-0.3, -0.25) is 4.79 Å². The van der Waals surface area contributed by atoms with Crippen LogP contribution in [0, 0.1) is 5.92 Å². The van der Waals surface area contributed by atoms with Crippen LogP contribution in [0.4, 0.5) is 0 Å². The molecule has 0 amide bonds. The lowest BCUT2D eigenvalue weighted by atomic mass is 9.96. The molecule has 0 spiro atoms. The van der Waals surface area contributed by atoms with Crippen LogP contribution in [0.2, 0.25) is 5.02 Å². The molecule has 2 unspecified atom stereocenters. The molecule has 1 aromatic carbocycles. The van der Waals surface area contributed by atoms with Gasteiger partial charge in [0.25, 0.3) is 0 Å². The molecule has 0 bridgehead atoms. The summed E-state index contributed by atoms with van der Waals surface area (Å²) in [7, 11) is 0. The zero-order valence-corrected chi connectivity index (χ0v) is 11.9. The quantitative estimate of drug-likeness (QED) is 0.863. The van der Waals surface area contributed by atoms with Crippen molar-refractivity contribution in [3.8, 4) is 0 Å². The summed E-state index contributed by atoms with van der Waals surface area (Å²) >= 11 is 5.88. The Labute approximate surface area is 119 Å². The fraction of sp³-hybridized carbons (Fsp3) is 0.533. The Morgan fingerprint density at radius 1 is 1.53 bits per heavy atom. The smallest absolute Gasteiger partial charge is 0.164 e. The van der Waals surface area contributed by atoms with Crippen LogP contribution >= 0.6 is 11.6 Å². The molecule has 1 fully saturated rings. The average molecular weight is 282 g/mol. The Morgan fingerprint density at radius 3 is 3.00 bits per heavy atom. The second-order valence-corrected chi connectivity index (χ2v) is 5.75. The number of hydrogen-bond donors (Lipinski definition) is 1. The summed E-state index contributed by atoms with van der Waals surface area (Å²) in [5, 5.41) is 10.3. The van der Waals surface area contributed by atoms with Gasteiger partial charge in [-0.25, -0.2) is 0 Å². The van der Waals surface area contributed by atoms with E-state index >= 15 is 0 Å². The van der Waals surface area contributed by atoms with Crippen molar-refractivity contribution in [2.45, 2.75) is 25.9 Å². The van der Waals surface area contributed by atoms with Gasteiger partial charge in [-0.05, 0) is 24.5 Å². The highest BCUT2D eigenvalue weighted by molar-refractivity contribution is 6.31. The molecule has 0 aromatic heterocycles. The average Bonchev–Trinajstić information content (AvgIpc) is 2.40. The number of hydrogen-bond acceptors (Lipinski definition) is 3. The minimum atomic E-state index is -0.195. The standard InChI is InChI=1S/C15H20ClNO2/c1-11-10-17(7-5-14(11)18)8-6-15(19)12-3-2-4-13(16)9-12/h2-4,9,11,14,18H,5-8,10H2,1H3. The van der Waals surface area contributed by atoms with Crippen molar-refractivity contribution in [2.75, 3.05) is 19.6 Å². The van der Waals surface area contributed by atoms with Crippen molar-refractivity contribution >= 4 is 17.4 Å². The Balaban J connectivity index is 1.84. The highest BCUT2D eigenvalue weighted by Crippen LogP contribution is 2.17. The van der Waals surface area contributed by atoms with Crippen molar-refractivity contribution in [1.82, 2.24) is 4.90 Å². The molecule has 2 atom stereocenters. The summed E-state index contributed by atoms with van der Waals surface area (Å²) in [5.74, 6) is 0.413. The molecule has 2 rings (SSSR count). The maximum atomic E-state index is 12.1. The lowest BCUT2D eigenvalue weighted by Gasteiger charge is -2.34. The predicted octanol–water partition coefficient (Wildman–Crippen LogP) is 2.62. The first-order chi connectivity index (χ1) is 9.06. The van der Waals surface area contributed by atoms with Gasteiger partial charge in [0.05, 0.1) is 6.10 Å². The second-order valence-electron chi connectivity index (χ2n) is 5.32. The van der Waals surface area contributed by atoms with E-state index in [2.05, 4.69) is 11.8 Å². The number of carbonyl (C=O) groups is 1. The lowest BCUT2D eigenvalue weighted by molar-refractivity contribution is 0.0346. The molecule has 1 aromatic rings. The topological polar surface area (TPSA) is 40.5 Å². The normalized spacial score (nSPS) is 24.4. The van der Waals surface area contributed by atoms with Crippen molar-refractivity contribution in [3.05, 3.63) is 34.9 Å². The Morgan fingerprint density at radius 2 is 2.32 bits per heavy atom. The third-order valence-electron chi connectivity index (χ3n) is 3.75. The summed E-state index contributed by atoms with van der Waals surface area (Å²) in [5.41, 5.74) is 0.678. The number of piperidine rings is 1. The van der Waals surface area contributed by atoms with Gasteiger partial charge >= 0.3 is 0 Å². The summed E-state index contributed by atoms with van der Waals surface area (Å²) < 4.78 is 0. The van der Waals surface area contributed by atoms with Gasteiger partial charge in [-0.1, -0.05) is 30.7 Å². The number of Topliss-reactive ketones (excluding diaryl/α,β-unsaturated/α-hetero) is 1. The molecule has 104 valence electrons. The van der Waals surface area contributed by atoms with Crippen LogP contribution in [0.5, 0.6) is 0 Å². The van der Waals surface area contributed by atoms with E-state index in [1.54, 1.807) is 24.3 Å². The number of benzene rings is 1. The van der Waals surface area contributed by atoms with Gasteiger partial charge in [-0.15, -0.1) is 0 Å². The minimum absolute atomic E-state index is 0.126. The number of halogens is 1. The number of carbonyl (C=O) groups excluding carboxylic acids is 1. The van der Waals surface area contributed by atoms with E-state index in [0.29, 0.717) is 17.0 Å². The Kier molecular flexibility index (Phi) is 4.97. The number of likely N-dealkylation sites (tertiary alicyclic amines) is 1. The van der Waals surface area contributed by atoms with Gasteiger partial charge in [0, 0.05) is 36.6 Å². The van der Waals surface area contributed by atoms with Crippen molar-refractivity contribution in [2.24, 2.45) is 5.92 Å². The summed E-state index contributed by atoms with van der Waals surface area (Å²) in [4.78, 5) is 14.3. The zero-order valence-electron chi connectivity index (χ0n) is 11.2. The fourth-order valence-electron chi connectivity index (χ4n) is 2.49. The first-order valence-electron chi connectivity index (χ1n) is 6.75. The molecule has 19 heavy (non-hydrogen) atoms. The van der Waals surface area contributed by atoms with Crippen LogP contribution in [-0.2, 0) is 0 Å². The molecular formula is C15H20ClNO2. The molecule has 1 saturated heterocycles. The number of nitrogens with zero attached hydrogens (tertiary/aromatic N) is 1. The van der Waals surface area contributed by atoms with E-state index < -0.39 is 0 Å². The number of rotatable bonds is 4. The van der Waals surface area contributed by atoms with E-state index in [0.717, 1.165) is 26.1 Å². The first kappa shape index (κ1) is 14.5. The first-order valence-corrected chi connectivity index (χ1v) is 7.13. The van der Waals surface area contributed by atoms with Crippen LogP contribution in [0.3, 0.4) is 0 Å². The van der Waals surface area contributed by atoms with Crippen molar-refractivity contribution in [3.63, 3.8) is 0 Å². The highest BCUT2D eigenvalue weighted by Gasteiger charge is 2.24. The third-order valence-corrected chi connectivity index (χ3v) is 3.98. The monoisotopic (exact) mass is 281 g/mol. The van der Waals surface area contributed by atoms with Gasteiger partial charge in [0.1, 0.15) is 0 Å². The predicted molar refractivity (Wildman–Crippen MR) is 76.6 cm³/mol. The molecular weight excluding hydrogens is 262 g/mol. The largest absolute Gasteiger partial charge is 0.393 e. The highest BCUT2D eigenvalue weighted by atomic mass is 35.5. The molecule has 1 aliphatic heterocycles. The van der Waals surface area contributed by atoms with Gasteiger partial charge in [0.15, 0.2) is 5.78 Å². The van der Waals surface area contributed by atoms with E-state index in [-0.39, 0.29) is 17.8 Å². The number of aliphatic hydroxyl groups is 1. The maximum Gasteiger partial charge on any atom is 0.164 e. The second kappa shape index (κ2) is 6.51. The SMILES string of the molecule is CC1CN(CCC(=O)c2cccc(Cl)c2)CCC1O. The maximum absolute atomic E-state index is 12.1. The van der Waals surface area contributed by atoms with Gasteiger partial charge in [-0.2, -0.15) is 0 Å². The molecule has 1 aliphatic rings. The molecule has 3 nitrogen and oxygen atoms in total. The minimum Gasteiger partial charge on any atom is -0.393 e. The molecule has 0 radical (unpaired) electrons. The Hall–Kier alpha value is -0.900. The van der Waals surface area contributed by atoms with Crippen molar-refractivity contribution < 1.29 is 9.90 Å². The lowest BCUT2D eigenvalue weighted by Crippen LogP contribution is -2.42. The molecule has 1 N–H and O–H groups in total. The van der Waals surface area contributed by atoms with Crippen LogP contribution in [0.25, 0.3) is 0 Å². The van der Waals surface area contributed by atoms with E-state index in [1.807, 2.05) is 0 Å². The molecule has 0 aliphatic carbocycles. The van der Waals surface area contributed by atoms with E-state index in [1.165, 1.54) is 0 Å². The number of aliphatic hydroxyl groups excluding tert-OH is 1. The van der Waals surface area contributed by atoms with Crippen LogP contribution in [0.15, 0.2) is 24.3 Å². The van der Waals surface area contributed by atoms with Gasteiger partial charge < -0.3 is 10.0 Å². The summed E-state index contributed by atoms with van der Waals surface area (Å²) in [6.45, 7) is 4.54. The Bertz CT molecular complexity index is 450. The third kappa shape index (κ3) is 4.03. The van der Waals surface area contributed by atoms with E-state index in [4.69, 9.17) is 11.6 Å². The molecule has 4 heteroatoms. The fourth-order valence-corrected chi connectivity index (χ4v) is 2.68. The van der Waals surface area contributed by atoms with Crippen molar-refractivity contribution in [1.29, 1.82) is 0 Å². The van der Waals surface area contributed by atoms with E-state index in [9.17, 15) is 9.90 Å². The molecule has 1 heterocycles. The van der Waals surface area contributed by atoms with Crippen LogP contribution in [-0.4, -0.2) is 41.5 Å². The zero-order chi connectivity index (χ0) is 13.8. The summed E-state index contributed by atoms with van der Waals surface area (Å²) in [6, 6.07) is 7.09. The molecule has 0 saturated carbocycles. The number of ketones is 1. The van der Waals surface area contributed by atoms with Crippen LogP contribution in [0.1, 0.15) is 30.1 Å². The van der Waals surface area contributed by atoms with Gasteiger partial charge in [0.2, 0.25) is 0 Å². The van der Waals surface area contributed by atoms with Crippen LogP contribution < -0.4 is 0 Å².